The van der Waals surface area contributed by atoms with Gasteiger partial charge >= 0.3 is 0 Å². The summed E-state index contributed by atoms with van der Waals surface area (Å²) >= 11 is 0. The van der Waals surface area contributed by atoms with Crippen LogP contribution in [0.15, 0.2) is 12.1 Å². The van der Waals surface area contributed by atoms with Gasteiger partial charge in [-0.3, -0.25) is 0 Å². The SMILES string of the molecule is COc1cc2nc(N3CCCC3)nc(N)c2cc1OC. The van der Waals surface area contributed by atoms with Gasteiger partial charge in [0, 0.05) is 24.5 Å². The normalized spacial score (nSPS) is 14.8. The highest BCUT2D eigenvalue weighted by atomic mass is 16.5. The Bertz CT molecular complexity index is 639. The maximum Gasteiger partial charge on any atom is 0.227 e. The van der Waals surface area contributed by atoms with E-state index in [1.807, 2.05) is 12.1 Å². The predicted molar refractivity (Wildman–Crippen MR) is 78.5 cm³/mol. The van der Waals surface area contributed by atoms with Crippen molar-refractivity contribution in [2.45, 2.75) is 12.8 Å². The number of anilines is 2. The molecule has 0 saturated carbocycles. The van der Waals surface area contributed by atoms with E-state index in [1.165, 1.54) is 12.8 Å². The van der Waals surface area contributed by atoms with E-state index in [0.29, 0.717) is 23.3 Å². The topological polar surface area (TPSA) is 73.5 Å². The lowest BCUT2D eigenvalue weighted by molar-refractivity contribution is 0.356. The predicted octanol–water partition coefficient (Wildman–Crippen LogP) is 1.83. The molecule has 0 unspecified atom stereocenters. The first kappa shape index (κ1) is 12.8. The zero-order valence-corrected chi connectivity index (χ0v) is 11.7. The zero-order chi connectivity index (χ0) is 14.1. The second-order valence-electron chi connectivity index (χ2n) is 4.83. The number of nitrogens with zero attached hydrogens (tertiary/aromatic N) is 3. The molecule has 1 fully saturated rings. The van der Waals surface area contributed by atoms with Crippen LogP contribution in [-0.4, -0.2) is 37.3 Å². The van der Waals surface area contributed by atoms with E-state index >= 15 is 0 Å². The molecule has 0 aliphatic carbocycles. The average Bonchev–Trinajstić information content (AvgIpc) is 3.00. The summed E-state index contributed by atoms with van der Waals surface area (Å²) in [6, 6.07) is 3.66. The standard InChI is InChI=1S/C14H18N4O2/c1-19-11-7-9-10(8-12(11)20-2)16-14(17-13(9)15)18-5-3-4-6-18/h7-8H,3-6H2,1-2H3,(H2,15,16,17). The van der Waals surface area contributed by atoms with E-state index < -0.39 is 0 Å². The number of nitrogens with two attached hydrogens (primary N) is 1. The van der Waals surface area contributed by atoms with Gasteiger partial charge in [-0.25, -0.2) is 4.98 Å². The van der Waals surface area contributed by atoms with Gasteiger partial charge in [0.1, 0.15) is 5.82 Å². The summed E-state index contributed by atoms with van der Waals surface area (Å²) in [5.41, 5.74) is 6.84. The molecule has 2 aromatic rings. The Hall–Kier alpha value is -2.24. The Morgan fingerprint density at radius 2 is 1.70 bits per heavy atom. The lowest BCUT2D eigenvalue weighted by Crippen LogP contribution is -2.21. The molecule has 0 amide bonds. The van der Waals surface area contributed by atoms with Gasteiger partial charge in [-0.2, -0.15) is 4.98 Å². The fraction of sp³-hybridized carbons (Fsp3) is 0.429. The fourth-order valence-corrected chi connectivity index (χ4v) is 2.53. The number of ether oxygens (including phenoxy) is 2. The number of hydrogen-bond acceptors (Lipinski definition) is 6. The number of aromatic nitrogens is 2. The van der Waals surface area contributed by atoms with E-state index in [-0.39, 0.29) is 0 Å². The molecule has 1 aliphatic heterocycles. The number of benzene rings is 1. The smallest absolute Gasteiger partial charge is 0.227 e. The number of fused-ring (bicyclic) bond motifs is 1. The van der Waals surface area contributed by atoms with E-state index in [1.54, 1.807) is 14.2 Å². The van der Waals surface area contributed by atoms with Crippen molar-refractivity contribution < 1.29 is 9.47 Å². The molecule has 20 heavy (non-hydrogen) atoms. The fourth-order valence-electron chi connectivity index (χ4n) is 2.53. The molecule has 0 radical (unpaired) electrons. The Morgan fingerprint density at radius 1 is 1.05 bits per heavy atom. The highest BCUT2D eigenvalue weighted by Crippen LogP contribution is 2.34. The average molecular weight is 274 g/mol. The third-order valence-electron chi connectivity index (χ3n) is 3.61. The van der Waals surface area contributed by atoms with Crippen LogP contribution in [0.5, 0.6) is 11.5 Å². The van der Waals surface area contributed by atoms with E-state index in [9.17, 15) is 0 Å². The molecule has 0 spiro atoms. The molecule has 2 heterocycles. The van der Waals surface area contributed by atoms with Crippen molar-refractivity contribution in [3.63, 3.8) is 0 Å². The van der Waals surface area contributed by atoms with Crippen molar-refractivity contribution in [3.8, 4) is 11.5 Å². The van der Waals surface area contributed by atoms with Crippen LogP contribution in [-0.2, 0) is 0 Å². The van der Waals surface area contributed by atoms with Gasteiger partial charge in [-0.05, 0) is 18.9 Å². The van der Waals surface area contributed by atoms with Crippen LogP contribution in [0.1, 0.15) is 12.8 Å². The van der Waals surface area contributed by atoms with E-state index in [0.717, 1.165) is 24.0 Å². The van der Waals surface area contributed by atoms with Gasteiger partial charge in [-0.15, -0.1) is 0 Å². The molecule has 0 bridgehead atoms. The first-order chi connectivity index (χ1) is 9.72. The summed E-state index contributed by atoms with van der Waals surface area (Å²) in [6.45, 7) is 1.97. The van der Waals surface area contributed by atoms with E-state index in [4.69, 9.17) is 15.2 Å². The third-order valence-corrected chi connectivity index (χ3v) is 3.61. The summed E-state index contributed by atoms with van der Waals surface area (Å²) in [6.07, 6.45) is 2.35. The molecule has 3 rings (SSSR count). The van der Waals surface area contributed by atoms with Gasteiger partial charge in [0.25, 0.3) is 0 Å². The summed E-state index contributed by atoms with van der Waals surface area (Å²) in [5.74, 6) is 2.44. The van der Waals surface area contributed by atoms with E-state index in [2.05, 4.69) is 14.9 Å². The third kappa shape index (κ3) is 2.07. The molecule has 106 valence electrons. The van der Waals surface area contributed by atoms with Crippen molar-refractivity contribution in [1.29, 1.82) is 0 Å². The summed E-state index contributed by atoms with van der Waals surface area (Å²) in [7, 11) is 3.20. The molecule has 1 aromatic carbocycles. The highest BCUT2D eigenvalue weighted by molar-refractivity contribution is 5.91. The second-order valence-corrected chi connectivity index (χ2v) is 4.83. The maximum absolute atomic E-state index is 6.07. The number of nitrogen functional groups attached to an aromatic ring is 1. The quantitative estimate of drug-likeness (QED) is 0.920. The Labute approximate surface area is 117 Å². The zero-order valence-electron chi connectivity index (χ0n) is 11.7. The minimum atomic E-state index is 0.470. The Balaban J connectivity index is 2.14. The maximum atomic E-state index is 6.07. The number of hydrogen-bond donors (Lipinski definition) is 1. The van der Waals surface area contributed by atoms with Gasteiger partial charge in [0.2, 0.25) is 5.95 Å². The number of methoxy groups -OCH3 is 2. The van der Waals surface area contributed by atoms with Crippen LogP contribution in [0.2, 0.25) is 0 Å². The molecule has 2 N–H and O–H groups in total. The number of rotatable bonds is 3. The van der Waals surface area contributed by atoms with Gasteiger partial charge in [-0.1, -0.05) is 0 Å². The first-order valence-electron chi connectivity index (χ1n) is 6.67. The van der Waals surface area contributed by atoms with Gasteiger partial charge in [0.15, 0.2) is 11.5 Å². The molecule has 6 nitrogen and oxygen atoms in total. The molecular weight excluding hydrogens is 256 g/mol. The first-order valence-corrected chi connectivity index (χ1v) is 6.67. The molecule has 1 aromatic heterocycles. The van der Waals surface area contributed by atoms with Crippen LogP contribution in [0.3, 0.4) is 0 Å². The minimum absolute atomic E-state index is 0.470. The van der Waals surface area contributed by atoms with Crippen molar-refractivity contribution >= 4 is 22.7 Å². The highest BCUT2D eigenvalue weighted by Gasteiger charge is 2.18. The van der Waals surface area contributed by atoms with Crippen LogP contribution >= 0.6 is 0 Å². The van der Waals surface area contributed by atoms with Crippen molar-refractivity contribution in [1.82, 2.24) is 9.97 Å². The lowest BCUT2D eigenvalue weighted by atomic mass is 10.2. The van der Waals surface area contributed by atoms with Crippen LogP contribution in [0.4, 0.5) is 11.8 Å². The van der Waals surface area contributed by atoms with Crippen molar-refractivity contribution in [2.24, 2.45) is 0 Å². The largest absolute Gasteiger partial charge is 0.493 e. The van der Waals surface area contributed by atoms with Gasteiger partial charge in [0.05, 0.1) is 19.7 Å². The molecular formula is C14H18N4O2. The van der Waals surface area contributed by atoms with Crippen LogP contribution < -0.4 is 20.1 Å². The van der Waals surface area contributed by atoms with Gasteiger partial charge < -0.3 is 20.1 Å². The second kappa shape index (κ2) is 5.03. The Morgan fingerprint density at radius 3 is 2.35 bits per heavy atom. The van der Waals surface area contributed by atoms with Crippen LogP contribution in [0.25, 0.3) is 10.9 Å². The summed E-state index contributed by atoms with van der Waals surface area (Å²) < 4.78 is 10.6. The monoisotopic (exact) mass is 274 g/mol. The van der Waals surface area contributed by atoms with Crippen molar-refractivity contribution in [2.75, 3.05) is 37.9 Å². The summed E-state index contributed by atoms with van der Waals surface area (Å²) in [5, 5.41) is 0.783. The molecule has 6 heteroatoms. The minimum Gasteiger partial charge on any atom is -0.493 e. The molecule has 0 atom stereocenters. The van der Waals surface area contributed by atoms with Crippen molar-refractivity contribution in [3.05, 3.63) is 12.1 Å². The molecule has 1 aliphatic rings. The summed E-state index contributed by atoms with van der Waals surface area (Å²) in [4.78, 5) is 11.2. The lowest BCUT2D eigenvalue weighted by Gasteiger charge is -2.17. The van der Waals surface area contributed by atoms with Crippen LogP contribution in [0, 0.1) is 0 Å². The molecule has 1 saturated heterocycles. The Kier molecular flexibility index (Phi) is 3.22.